The molecule has 1 saturated heterocycles. The first kappa shape index (κ1) is 14.7. The third kappa shape index (κ3) is 3.23. The van der Waals surface area contributed by atoms with Gasteiger partial charge in [0.2, 0.25) is 0 Å². The number of aromatic nitrogens is 2. The van der Waals surface area contributed by atoms with Gasteiger partial charge in [-0.05, 0) is 31.0 Å². The van der Waals surface area contributed by atoms with Crippen LogP contribution in [0, 0.1) is 5.92 Å². The second-order valence-electron chi connectivity index (χ2n) is 6.13. The van der Waals surface area contributed by atoms with Crippen molar-refractivity contribution in [1.29, 1.82) is 0 Å². The summed E-state index contributed by atoms with van der Waals surface area (Å²) >= 11 is 0. The summed E-state index contributed by atoms with van der Waals surface area (Å²) in [5, 5.41) is 0. The Balaban J connectivity index is 1.37. The van der Waals surface area contributed by atoms with Crippen LogP contribution in [-0.2, 0) is 11.3 Å². The summed E-state index contributed by atoms with van der Waals surface area (Å²) in [7, 11) is 0. The summed E-state index contributed by atoms with van der Waals surface area (Å²) in [4.78, 5) is 10.7. The molecular formula is C17H21N3O3. The largest absolute Gasteiger partial charge is 0.468 e. The lowest BCUT2D eigenvalue weighted by atomic mass is 10.0. The van der Waals surface area contributed by atoms with Gasteiger partial charge in [-0.15, -0.1) is 0 Å². The number of hydrogen-bond donors (Lipinski definition) is 0. The highest BCUT2D eigenvalue weighted by molar-refractivity contribution is 5.02. The number of ether oxygens (including phenoxy) is 2. The fourth-order valence-electron chi connectivity index (χ4n) is 3.66. The zero-order valence-electron chi connectivity index (χ0n) is 13.0. The highest BCUT2D eigenvalue weighted by atomic mass is 16.5. The predicted molar refractivity (Wildman–Crippen MR) is 82.9 cm³/mol. The molecule has 3 atom stereocenters. The minimum Gasteiger partial charge on any atom is -0.468 e. The molecule has 23 heavy (non-hydrogen) atoms. The quantitative estimate of drug-likeness (QED) is 0.842. The highest BCUT2D eigenvalue weighted by Gasteiger charge is 2.43. The zero-order valence-corrected chi connectivity index (χ0v) is 13.0. The van der Waals surface area contributed by atoms with E-state index in [1.165, 1.54) is 0 Å². The maximum atomic E-state index is 6.06. The van der Waals surface area contributed by atoms with Gasteiger partial charge in [-0.25, -0.2) is 9.97 Å². The van der Waals surface area contributed by atoms with Crippen molar-refractivity contribution in [2.75, 3.05) is 19.8 Å². The van der Waals surface area contributed by atoms with Crippen molar-refractivity contribution < 1.29 is 13.9 Å². The van der Waals surface area contributed by atoms with E-state index in [2.05, 4.69) is 14.9 Å². The molecule has 6 nitrogen and oxygen atoms in total. The molecule has 1 saturated carbocycles. The summed E-state index contributed by atoms with van der Waals surface area (Å²) in [6.07, 6.45) is 7.59. The standard InChI is InChI=1S/C17H21N3O3/c1-3-14(21-9-1)11-20-8-10-22-16-13(4-5-15(16)20)12-23-17-18-6-2-7-19-17/h1-3,6-7,9,13,15-16H,4-5,8,10-12H2/t13-,15+,16-/m0/s1. The lowest BCUT2D eigenvalue weighted by Gasteiger charge is -2.38. The van der Waals surface area contributed by atoms with Crippen LogP contribution in [0.2, 0.25) is 0 Å². The number of furan rings is 1. The summed E-state index contributed by atoms with van der Waals surface area (Å²) in [6, 6.07) is 6.65. The van der Waals surface area contributed by atoms with Crippen molar-refractivity contribution in [2.24, 2.45) is 5.92 Å². The van der Waals surface area contributed by atoms with Crippen molar-refractivity contribution in [3.8, 4) is 6.01 Å². The van der Waals surface area contributed by atoms with Crippen molar-refractivity contribution in [1.82, 2.24) is 14.9 Å². The lowest BCUT2D eigenvalue weighted by molar-refractivity contribution is -0.0833. The maximum Gasteiger partial charge on any atom is 0.316 e. The Morgan fingerprint density at radius 2 is 2.13 bits per heavy atom. The SMILES string of the molecule is c1cnc(OC[C@@H]2CC[C@@H]3[C@H]2OCCN3Cc2ccco2)nc1. The van der Waals surface area contributed by atoms with Gasteiger partial charge < -0.3 is 13.9 Å². The van der Waals surface area contributed by atoms with E-state index in [-0.39, 0.29) is 6.10 Å². The van der Waals surface area contributed by atoms with Crippen LogP contribution in [0.3, 0.4) is 0 Å². The van der Waals surface area contributed by atoms with E-state index in [4.69, 9.17) is 13.9 Å². The van der Waals surface area contributed by atoms with Crippen LogP contribution in [0.15, 0.2) is 41.3 Å². The van der Waals surface area contributed by atoms with Crippen LogP contribution in [0.4, 0.5) is 0 Å². The fourth-order valence-corrected chi connectivity index (χ4v) is 3.66. The lowest BCUT2D eigenvalue weighted by Crippen LogP contribution is -2.50. The Hall–Kier alpha value is -1.92. The van der Waals surface area contributed by atoms with Gasteiger partial charge in [0.05, 0.1) is 32.1 Å². The van der Waals surface area contributed by atoms with Crippen molar-refractivity contribution in [3.63, 3.8) is 0 Å². The molecule has 2 fully saturated rings. The first-order valence-electron chi connectivity index (χ1n) is 8.18. The Labute approximate surface area is 135 Å². The molecular weight excluding hydrogens is 294 g/mol. The molecule has 3 heterocycles. The Bertz CT molecular complexity index is 605. The van der Waals surface area contributed by atoms with Crippen LogP contribution in [0.25, 0.3) is 0 Å². The normalized spacial score (nSPS) is 27.7. The molecule has 0 radical (unpaired) electrons. The van der Waals surface area contributed by atoms with Gasteiger partial charge in [-0.2, -0.15) is 0 Å². The van der Waals surface area contributed by atoms with Gasteiger partial charge in [0.25, 0.3) is 0 Å². The van der Waals surface area contributed by atoms with Crippen molar-refractivity contribution >= 4 is 0 Å². The van der Waals surface area contributed by atoms with Crippen LogP contribution in [0.1, 0.15) is 18.6 Å². The molecule has 0 amide bonds. The first-order chi connectivity index (χ1) is 11.4. The topological polar surface area (TPSA) is 60.6 Å². The molecule has 0 N–H and O–H groups in total. The summed E-state index contributed by atoms with van der Waals surface area (Å²) < 4.78 is 17.3. The van der Waals surface area contributed by atoms with E-state index in [0.29, 0.717) is 24.6 Å². The van der Waals surface area contributed by atoms with Gasteiger partial charge in [0, 0.05) is 30.9 Å². The minimum atomic E-state index is 0.224. The van der Waals surface area contributed by atoms with Crippen LogP contribution in [0.5, 0.6) is 6.01 Å². The molecule has 0 aromatic carbocycles. The molecule has 0 unspecified atom stereocenters. The van der Waals surface area contributed by atoms with Gasteiger partial charge in [0.1, 0.15) is 5.76 Å². The fraction of sp³-hybridized carbons (Fsp3) is 0.529. The third-order valence-electron chi connectivity index (χ3n) is 4.74. The number of morpholine rings is 1. The van der Waals surface area contributed by atoms with Gasteiger partial charge in [-0.1, -0.05) is 0 Å². The number of nitrogens with zero attached hydrogens (tertiary/aromatic N) is 3. The van der Waals surface area contributed by atoms with E-state index >= 15 is 0 Å². The predicted octanol–water partition coefficient (Wildman–Crippen LogP) is 2.13. The molecule has 1 aliphatic heterocycles. The smallest absolute Gasteiger partial charge is 0.316 e. The van der Waals surface area contributed by atoms with Crippen LogP contribution >= 0.6 is 0 Å². The number of rotatable bonds is 5. The van der Waals surface area contributed by atoms with Crippen molar-refractivity contribution in [3.05, 3.63) is 42.6 Å². The van der Waals surface area contributed by atoms with Gasteiger partial charge in [0.15, 0.2) is 0 Å². The molecule has 0 spiro atoms. The average molecular weight is 315 g/mol. The highest BCUT2D eigenvalue weighted by Crippen LogP contribution is 2.35. The van der Waals surface area contributed by atoms with E-state index in [1.807, 2.05) is 12.1 Å². The molecule has 122 valence electrons. The van der Waals surface area contributed by atoms with E-state index in [1.54, 1.807) is 24.7 Å². The zero-order chi connectivity index (χ0) is 15.5. The molecule has 2 aromatic heterocycles. The Morgan fingerprint density at radius 3 is 2.96 bits per heavy atom. The van der Waals surface area contributed by atoms with Crippen LogP contribution < -0.4 is 4.74 Å². The molecule has 1 aliphatic carbocycles. The summed E-state index contributed by atoms with van der Waals surface area (Å²) in [5.41, 5.74) is 0. The Morgan fingerprint density at radius 1 is 1.22 bits per heavy atom. The van der Waals surface area contributed by atoms with Crippen LogP contribution in [-0.4, -0.2) is 46.8 Å². The summed E-state index contributed by atoms with van der Waals surface area (Å²) in [6.45, 7) is 3.18. The molecule has 6 heteroatoms. The van der Waals surface area contributed by atoms with Crippen molar-refractivity contribution in [2.45, 2.75) is 31.5 Å². The monoisotopic (exact) mass is 315 g/mol. The Kier molecular flexibility index (Phi) is 4.26. The van der Waals surface area contributed by atoms with E-state index in [0.717, 1.165) is 38.3 Å². The molecule has 2 aromatic rings. The van der Waals surface area contributed by atoms with Gasteiger partial charge in [-0.3, -0.25) is 4.90 Å². The first-order valence-corrected chi connectivity index (χ1v) is 8.18. The molecule has 4 rings (SSSR count). The van der Waals surface area contributed by atoms with E-state index in [9.17, 15) is 0 Å². The number of fused-ring (bicyclic) bond motifs is 1. The molecule has 2 aliphatic rings. The van der Waals surface area contributed by atoms with Gasteiger partial charge >= 0.3 is 6.01 Å². The third-order valence-corrected chi connectivity index (χ3v) is 4.74. The van der Waals surface area contributed by atoms with E-state index < -0.39 is 0 Å². The number of hydrogen-bond acceptors (Lipinski definition) is 6. The minimum absolute atomic E-state index is 0.224. The second kappa shape index (κ2) is 6.68. The maximum absolute atomic E-state index is 6.06. The average Bonchev–Trinajstić information content (AvgIpc) is 3.24. The molecule has 0 bridgehead atoms. The second-order valence-corrected chi connectivity index (χ2v) is 6.13. The summed E-state index contributed by atoms with van der Waals surface area (Å²) in [5.74, 6) is 1.41.